The third kappa shape index (κ3) is 4.54. The lowest BCUT2D eigenvalue weighted by molar-refractivity contribution is 0.542. The first-order chi connectivity index (χ1) is 7.74. The summed E-state index contributed by atoms with van der Waals surface area (Å²) >= 11 is 0. The molecule has 0 bridgehead atoms. The van der Waals surface area contributed by atoms with E-state index in [1.54, 1.807) is 0 Å². The van der Waals surface area contributed by atoms with E-state index >= 15 is 0 Å². The predicted molar refractivity (Wildman–Crippen MR) is 78.4 cm³/mol. The molecule has 0 unspecified atom stereocenters. The molecule has 0 aliphatic rings. The summed E-state index contributed by atoms with van der Waals surface area (Å²) in [7, 11) is -1.51. The van der Waals surface area contributed by atoms with Gasteiger partial charge in [0.2, 0.25) is 8.32 Å². The molecule has 1 nitrogen and oxygen atoms in total. The highest BCUT2D eigenvalue weighted by Crippen LogP contribution is 2.26. The molecule has 0 aliphatic carbocycles. The van der Waals surface area contributed by atoms with Gasteiger partial charge in [-0.1, -0.05) is 46.2 Å². The highest BCUT2D eigenvalue weighted by atomic mass is 28.4. The molecule has 0 aromatic heterocycles. The van der Waals surface area contributed by atoms with Gasteiger partial charge in [-0.3, -0.25) is 0 Å². The van der Waals surface area contributed by atoms with Crippen LogP contribution in [0.1, 0.15) is 39.7 Å². The molecule has 0 saturated heterocycles. The largest absolute Gasteiger partial charge is 0.544 e. The topological polar surface area (TPSA) is 9.23 Å². The van der Waals surface area contributed by atoms with Crippen molar-refractivity contribution in [3.05, 3.63) is 29.8 Å². The van der Waals surface area contributed by atoms with Crippen molar-refractivity contribution in [2.24, 2.45) is 0 Å². The third-order valence-corrected chi connectivity index (χ3v) is 5.46. The molecule has 17 heavy (non-hydrogen) atoms. The highest BCUT2D eigenvalue weighted by Gasteiger charge is 2.23. The van der Waals surface area contributed by atoms with Crippen LogP contribution >= 0.6 is 0 Å². The monoisotopic (exact) mass is 250 g/mol. The second kappa shape index (κ2) is 5.26. The standard InChI is InChI=1S/C15H26OSi/c1-7-12-17(5,6)16-14-10-8-13(9-11-14)15(2,3)4/h8-11H,7,12H2,1-6H3. The van der Waals surface area contributed by atoms with Crippen molar-refractivity contribution in [2.75, 3.05) is 0 Å². The number of benzene rings is 1. The van der Waals surface area contributed by atoms with Crippen LogP contribution in [0.5, 0.6) is 5.75 Å². The maximum Gasteiger partial charge on any atom is 0.245 e. The SMILES string of the molecule is CCC[Si](C)(C)Oc1ccc(C(C)(C)C)cc1. The summed E-state index contributed by atoms with van der Waals surface area (Å²) in [5, 5.41) is 0. The van der Waals surface area contributed by atoms with Crippen LogP contribution in [0.3, 0.4) is 0 Å². The minimum absolute atomic E-state index is 0.217. The fraction of sp³-hybridized carbons (Fsp3) is 0.600. The smallest absolute Gasteiger partial charge is 0.245 e. The Kier molecular flexibility index (Phi) is 4.42. The predicted octanol–water partition coefficient (Wildman–Crippen LogP) is 4.98. The summed E-state index contributed by atoms with van der Waals surface area (Å²) in [6.45, 7) is 13.5. The molecule has 0 atom stereocenters. The maximum absolute atomic E-state index is 6.15. The molecule has 0 fully saturated rings. The molecule has 0 spiro atoms. The molecular weight excluding hydrogens is 224 g/mol. The van der Waals surface area contributed by atoms with Crippen LogP contribution in [0, 0.1) is 0 Å². The second-order valence-corrected chi connectivity index (χ2v) is 10.6. The molecule has 1 aromatic rings. The van der Waals surface area contributed by atoms with Crippen LogP contribution in [0.2, 0.25) is 19.1 Å². The molecular formula is C15H26OSi. The fourth-order valence-electron chi connectivity index (χ4n) is 2.00. The van der Waals surface area contributed by atoms with Crippen molar-refractivity contribution in [1.82, 2.24) is 0 Å². The number of hydrogen-bond acceptors (Lipinski definition) is 1. The zero-order valence-corrected chi connectivity index (χ0v) is 13.1. The Balaban J connectivity index is 2.75. The molecule has 2 heteroatoms. The van der Waals surface area contributed by atoms with Crippen molar-refractivity contribution in [3.8, 4) is 5.75 Å². The van der Waals surface area contributed by atoms with E-state index in [1.807, 2.05) is 0 Å². The Morgan fingerprint density at radius 1 is 1.06 bits per heavy atom. The van der Waals surface area contributed by atoms with Crippen molar-refractivity contribution >= 4 is 8.32 Å². The van der Waals surface area contributed by atoms with Gasteiger partial charge in [0, 0.05) is 0 Å². The highest BCUT2D eigenvalue weighted by molar-refractivity contribution is 6.71. The van der Waals surface area contributed by atoms with Crippen LogP contribution in [0.15, 0.2) is 24.3 Å². The molecule has 1 rings (SSSR count). The van der Waals surface area contributed by atoms with E-state index in [4.69, 9.17) is 4.43 Å². The van der Waals surface area contributed by atoms with E-state index in [0.29, 0.717) is 0 Å². The second-order valence-electron chi connectivity index (χ2n) is 6.39. The average molecular weight is 250 g/mol. The van der Waals surface area contributed by atoms with Crippen molar-refractivity contribution < 1.29 is 4.43 Å². The van der Waals surface area contributed by atoms with Crippen molar-refractivity contribution in [3.63, 3.8) is 0 Å². The summed E-state index contributed by atoms with van der Waals surface area (Å²) in [6, 6.07) is 9.82. The Bertz CT molecular complexity index is 346. The van der Waals surface area contributed by atoms with Crippen molar-refractivity contribution in [1.29, 1.82) is 0 Å². The third-order valence-electron chi connectivity index (χ3n) is 2.97. The van der Waals surface area contributed by atoms with E-state index in [0.717, 1.165) is 5.75 Å². The van der Waals surface area contributed by atoms with Gasteiger partial charge in [0.15, 0.2) is 0 Å². The first-order valence-electron chi connectivity index (χ1n) is 6.54. The lowest BCUT2D eigenvalue weighted by Gasteiger charge is -2.25. The van der Waals surface area contributed by atoms with Crippen LogP contribution < -0.4 is 4.43 Å². The fourth-order valence-corrected chi connectivity index (χ4v) is 4.08. The van der Waals surface area contributed by atoms with Gasteiger partial charge in [0.25, 0.3) is 0 Å². The average Bonchev–Trinajstić information content (AvgIpc) is 2.16. The Hall–Kier alpha value is -0.763. The quantitative estimate of drug-likeness (QED) is 0.685. The summed E-state index contributed by atoms with van der Waals surface area (Å²) in [4.78, 5) is 0. The number of hydrogen-bond donors (Lipinski definition) is 0. The molecule has 0 radical (unpaired) electrons. The minimum Gasteiger partial charge on any atom is -0.544 e. The van der Waals surface area contributed by atoms with Gasteiger partial charge in [-0.15, -0.1) is 0 Å². The summed E-state index contributed by atoms with van der Waals surface area (Å²) < 4.78 is 6.15. The molecule has 0 heterocycles. The van der Waals surface area contributed by atoms with Gasteiger partial charge in [-0.05, 0) is 42.2 Å². The van der Waals surface area contributed by atoms with E-state index in [-0.39, 0.29) is 5.41 Å². The van der Waals surface area contributed by atoms with Crippen molar-refractivity contribution in [2.45, 2.75) is 58.7 Å². The van der Waals surface area contributed by atoms with Crippen LogP contribution in [-0.4, -0.2) is 8.32 Å². The van der Waals surface area contributed by atoms with Gasteiger partial charge < -0.3 is 4.43 Å². The lowest BCUT2D eigenvalue weighted by Crippen LogP contribution is -2.33. The zero-order valence-electron chi connectivity index (χ0n) is 12.1. The maximum atomic E-state index is 6.15. The Morgan fingerprint density at radius 2 is 1.59 bits per heavy atom. The van der Waals surface area contributed by atoms with Crippen LogP contribution in [0.4, 0.5) is 0 Å². The molecule has 0 N–H and O–H groups in total. The Labute approximate surface area is 107 Å². The molecule has 0 aliphatic heterocycles. The lowest BCUT2D eigenvalue weighted by atomic mass is 9.87. The van der Waals surface area contributed by atoms with Gasteiger partial charge >= 0.3 is 0 Å². The number of rotatable bonds is 4. The van der Waals surface area contributed by atoms with Crippen LogP contribution in [-0.2, 0) is 5.41 Å². The van der Waals surface area contributed by atoms with E-state index in [9.17, 15) is 0 Å². The van der Waals surface area contributed by atoms with Gasteiger partial charge in [0.05, 0.1) is 0 Å². The molecule has 0 amide bonds. The van der Waals surface area contributed by atoms with Crippen LogP contribution in [0.25, 0.3) is 0 Å². The molecule has 0 saturated carbocycles. The zero-order chi connectivity index (χ0) is 13.1. The van der Waals surface area contributed by atoms with E-state index in [1.165, 1.54) is 18.0 Å². The molecule has 1 aromatic carbocycles. The van der Waals surface area contributed by atoms with E-state index < -0.39 is 8.32 Å². The van der Waals surface area contributed by atoms with Gasteiger partial charge in [-0.25, -0.2) is 0 Å². The first-order valence-corrected chi connectivity index (χ1v) is 9.66. The van der Waals surface area contributed by atoms with Gasteiger partial charge in [-0.2, -0.15) is 0 Å². The normalized spacial score (nSPS) is 12.6. The van der Waals surface area contributed by atoms with E-state index in [2.05, 4.69) is 65.1 Å². The first kappa shape index (κ1) is 14.3. The summed E-state index contributed by atoms with van der Waals surface area (Å²) in [6.07, 6.45) is 1.21. The molecule has 96 valence electrons. The Morgan fingerprint density at radius 3 is 2.00 bits per heavy atom. The minimum atomic E-state index is -1.51. The van der Waals surface area contributed by atoms with Gasteiger partial charge in [0.1, 0.15) is 5.75 Å². The summed E-state index contributed by atoms with van der Waals surface area (Å²) in [5.74, 6) is 1.03. The summed E-state index contributed by atoms with van der Waals surface area (Å²) in [5.41, 5.74) is 1.58.